The van der Waals surface area contributed by atoms with Crippen molar-refractivity contribution in [1.82, 2.24) is 10.1 Å². The molecule has 0 aliphatic heterocycles. The lowest BCUT2D eigenvalue weighted by molar-refractivity contribution is 0.0534. The Hall–Kier alpha value is -2.70. The molecular weight excluding hydrogens is 344 g/mol. The number of ether oxygens (including phenoxy) is 1. The number of benzene rings is 2. The largest absolute Gasteiger partial charge is 0.491 e. The van der Waals surface area contributed by atoms with Crippen molar-refractivity contribution < 1.29 is 19.5 Å². The Kier molecular flexibility index (Phi) is 5.88. The number of aliphatic hydroxyl groups excluding tert-OH is 2. The molecule has 1 heterocycles. The number of rotatable bonds is 7. The van der Waals surface area contributed by atoms with E-state index in [0.717, 1.165) is 23.1 Å². The van der Waals surface area contributed by atoms with Gasteiger partial charge < -0.3 is 19.5 Å². The van der Waals surface area contributed by atoms with Crippen LogP contribution in [0, 0.1) is 13.8 Å². The van der Waals surface area contributed by atoms with Gasteiger partial charge in [0, 0.05) is 16.7 Å². The van der Waals surface area contributed by atoms with Crippen molar-refractivity contribution in [1.29, 1.82) is 0 Å². The molecule has 0 spiro atoms. The minimum Gasteiger partial charge on any atom is -0.491 e. The maximum atomic E-state index is 9.47. The molecule has 0 amide bonds. The molecule has 0 fully saturated rings. The van der Waals surface area contributed by atoms with E-state index in [1.165, 1.54) is 11.1 Å². The van der Waals surface area contributed by atoms with Crippen molar-refractivity contribution in [2.75, 3.05) is 13.2 Å². The van der Waals surface area contributed by atoms with Crippen molar-refractivity contribution >= 4 is 0 Å². The lowest BCUT2D eigenvalue weighted by Gasteiger charge is -2.13. The van der Waals surface area contributed by atoms with Gasteiger partial charge >= 0.3 is 0 Å². The lowest BCUT2D eigenvalue weighted by Crippen LogP contribution is -2.21. The van der Waals surface area contributed by atoms with E-state index in [4.69, 9.17) is 14.4 Å². The third-order valence-electron chi connectivity index (χ3n) is 4.56. The standard InChI is InChI=1S/C21H24N2O4/c1-4-15-8-9-16(10-13(15)2)20-22-21(27-23-20)18-6-5-7-19(14(18)3)26-12-17(25)11-24/h5-10,17,24-25H,4,11-12H2,1-3H3. The van der Waals surface area contributed by atoms with Crippen LogP contribution in [-0.2, 0) is 6.42 Å². The fourth-order valence-electron chi connectivity index (χ4n) is 2.92. The molecule has 1 atom stereocenters. The summed E-state index contributed by atoms with van der Waals surface area (Å²) in [6, 6.07) is 11.7. The van der Waals surface area contributed by atoms with Crippen LogP contribution in [0.2, 0.25) is 0 Å². The van der Waals surface area contributed by atoms with Gasteiger partial charge in [-0.3, -0.25) is 0 Å². The van der Waals surface area contributed by atoms with Gasteiger partial charge in [0.1, 0.15) is 18.5 Å². The van der Waals surface area contributed by atoms with Crippen LogP contribution in [0.4, 0.5) is 0 Å². The van der Waals surface area contributed by atoms with E-state index in [1.807, 2.05) is 25.1 Å². The first kappa shape index (κ1) is 19.1. The van der Waals surface area contributed by atoms with Gasteiger partial charge in [-0.15, -0.1) is 0 Å². The van der Waals surface area contributed by atoms with Crippen molar-refractivity contribution in [3.05, 3.63) is 53.1 Å². The lowest BCUT2D eigenvalue weighted by atomic mass is 10.0. The molecule has 6 nitrogen and oxygen atoms in total. The summed E-state index contributed by atoms with van der Waals surface area (Å²) in [5.41, 5.74) is 5.02. The number of aromatic nitrogens is 2. The summed E-state index contributed by atoms with van der Waals surface area (Å²) in [6.07, 6.45) is 0.0676. The van der Waals surface area contributed by atoms with Crippen molar-refractivity contribution in [3.8, 4) is 28.6 Å². The van der Waals surface area contributed by atoms with E-state index >= 15 is 0 Å². The van der Waals surface area contributed by atoms with Gasteiger partial charge in [-0.05, 0) is 49.6 Å². The van der Waals surface area contributed by atoms with E-state index in [-0.39, 0.29) is 13.2 Å². The summed E-state index contributed by atoms with van der Waals surface area (Å²) in [6.45, 7) is 5.77. The quantitative estimate of drug-likeness (QED) is 0.665. The summed E-state index contributed by atoms with van der Waals surface area (Å²) in [4.78, 5) is 4.54. The van der Waals surface area contributed by atoms with Crippen molar-refractivity contribution in [2.45, 2.75) is 33.3 Å². The monoisotopic (exact) mass is 368 g/mol. The predicted octanol–water partition coefficient (Wildman–Crippen LogP) is 3.31. The Balaban J connectivity index is 1.87. The second-order valence-corrected chi connectivity index (χ2v) is 6.49. The number of hydrogen-bond acceptors (Lipinski definition) is 6. The molecular formula is C21H24N2O4. The Morgan fingerprint density at radius 2 is 2.00 bits per heavy atom. The normalized spacial score (nSPS) is 12.2. The topological polar surface area (TPSA) is 88.6 Å². The van der Waals surface area contributed by atoms with Gasteiger partial charge in [-0.25, -0.2) is 0 Å². The molecule has 0 bridgehead atoms. The van der Waals surface area contributed by atoms with Crippen molar-refractivity contribution in [2.24, 2.45) is 0 Å². The third kappa shape index (κ3) is 4.18. The summed E-state index contributed by atoms with van der Waals surface area (Å²) >= 11 is 0. The molecule has 0 saturated carbocycles. The maximum Gasteiger partial charge on any atom is 0.258 e. The predicted molar refractivity (Wildman–Crippen MR) is 103 cm³/mol. The van der Waals surface area contributed by atoms with Crippen LogP contribution in [-0.4, -0.2) is 39.7 Å². The Morgan fingerprint density at radius 1 is 1.19 bits per heavy atom. The van der Waals surface area contributed by atoms with Crippen LogP contribution >= 0.6 is 0 Å². The highest BCUT2D eigenvalue weighted by Gasteiger charge is 2.16. The van der Waals surface area contributed by atoms with Gasteiger partial charge in [0.25, 0.3) is 5.89 Å². The molecule has 3 aromatic rings. The molecule has 3 rings (SSSR count). The van der Waals surface area contributed by atoms with Crippen molar-refractivity contribution in [3.63, 3.8) is 0 Å². The van der Waals surface area contributed by atoms with Crippen LogP contribution in [0.15, 0.2) is 40.9 Å². The van der Waals surface area contributed by atoms with Crippen LogP contribution in [0.3, 0.4) is 0 Å². The average Bonchev–Trinajstić information content (AvgIpc) is 3.16. The van der Waals surface area contributed by atoms with Crippen LogP contribution in [0.5, 0.6) is 5.75 Å². The van der Waals surface area contributed by atoms with Gasteiger partial charge in [0.05, 0.1) is 6.61 Å². The second-order valence-electron chi connectivity index (χ2n) is 6.49. The summed E-state index contributed by atoms with van der Waals surface area (Å²) in [5.74, 6) is 1.55. The smallest absolute Gasteiger partial charge is 0.258 e. The minimum atomic E-state index is -0.919. The van der Waals surface area contributed by atoms with Crippen LogP contribution < -0.4 is 4.74 Å². The van der Waals surface area contributed by atoms with E-state index in [9.17, 15) is 5.11 Å². The first-order valence-corrected chi connectivity index (χ1v) is 8.98. The summed E-state index contributed by atoms with van der Waals surface area (Å²) in [5, 5.41) is 22.5. The minimum absolute atomic E-state index is 0.0128. The molecule has 1 unspecified atom stereocenters. The highest BCUT2D eigenvalue weighted by Crippen LogP contribution is 2.30. The van der Waals surface area contributed by atoms with E-state index < -0.39 is 6.10 Å². The molecule has 2 aromatic carbocycles. The molecule has 142 valence electrons. The van der Waals surface area contributed by atoms with E-state index in [1.54, 1.807) is 6.07 Å². The third-order valence-corrected chi connectivity index (χ3v) is 4.56. The second kappa shape index (κ2) is 8.33. The molecule has 27 heavy (non-hydrogen) atoms. The number of aliphatic hydroxyl groups is 2. The Labute approximate surface area is 158 Å². The number of nitrogens with zero attached hydrogens (tertiary/aromatic N) is 2. The Morgan fingerprint density at radius 3 is 2.70 bits per heavy atom. The summed E-state index contributed by atoms with van der Waals surface area (Å²) < 4.78 is 11.1. The molecule has 0 saturated heterocycles. The summed E-state index contributed by atoms with van der Waals surface area (Å²) in [7, 11) is 0. The zero-order chi connectivity index (χ0) is 19.4. The number of hydrogen-bond donors (Lipinski definition) is 2. The molecule has 6 heteroatoms. The fourth-order valence-corrected chi connectivity index (χ4v) is 2.92. The Bertz CT molecular complexity index is 920. The highest BCUT2D eigenvalue weighted by atomic mass is 16.5. The van der Waals surface area contributed by atoms with Crippen LogP contribution in [0.1, 0.15) is 23.6 Å². The first-order valence-electron chi connectivity index (χ1n) is 8.98. The molecule has 2 N–H and O–H groups in total. The molecule has 1 aromatic heterocycles. The highest BCUT2D eigenvalue weighted by molar-refractivity contribution is 5.65. The molecule has 0 aliphatic rings. The van der Waals surface area contributed by atoms with E-state index in [0.29, 0.717) is 17.5 Å². The van der Waals surface area contributed by atoms with Gasteiger partial charge in [0.15, 0.2) is 0 Å². The zero-order valence-electron chi connectivity index (χ0n) is 15.8. The van der Waals surface area contributed by atoms with E-state index in [2.05, 4.69) is 36.1 Å². The molecule has 0 aliphatic carbocycles. The number of aryl methyl sites for hydroxylation is 2. The average molecular weight is 368 g/mol. The SMILES string of the molecule is CCc1ccc(-c2noc(-c3cccc(OCC(O)CO)c3C)n2)cc1C. The zero-order valence-corrected chi connectivity index (χ0v) is 15.8. The molecule has 0 radical (unpaired) electrons. The van der Waals surface area contributed by atoms with Gasteiger partial charge in [-0.2, -0.15) is 4.98 Å². The fraction of sp³-hybridized carbons (Fsp3) is 0.333. The maximum absolute atomic E-state index is 9.47. The van der Waals surface area contributed by atoms with Gasteiger partial charge in [-0.1, -0.05) is 30.3 Å². The van der Waals surface area contributed by atoms with Gasteiger partial charge in [0.2, 0.25) is 5.82 Å². The first-order chi connectivity index (χ1) is 13.0. The van der Waals surface area contributed by atoms with Crippen LogP contribution in [0.25, 0.3) is 22.8 Å².